The summed E-state index contributed by atoms with van der Waals surface area (Å²) in [7, 11) is 1.32. The van der Waals surface area contributed by atoms with E-state index in [9.17, 15) is 22.8 Å². The predicted octanol–water partition coefficient (Wildman–Crippen LogP) is 5.00. The third kappa shape index (κ3) is 4.77. The van der Waals surface area contributed by atoms with E-state index in [0.717, 1.165) is 12.1 Å². The number of hydrogen-bond donors (Lipinski definition) is 2. The van der Waals surface area contributed by atoms with Crippen LogP contribution in [0.5, 0.6) is 5.75 Å². The van der Waals surface area contributed by atoms with Crippen LogP contribution in [-0.4, -0.2) is 28.7 Å². The number of halogens is 3. The minimum Gasteiger partial charge on any atom is -0.493 e. The van der Waals surface area contributed by atoms with Crippen molar-refractivity contribution >= 4 is 23.2 Å². The molecule has 174 valence electrons. The Balaban J connectivity index is 1.61. The molecule has 11 heteroatoms. The molecule has 0 spiro atoms. The maximum atomic E-state index is 13.7. The van der Waals surface area contributed by atoms with Gasteiger partial charge < -0.3 is 19.8 Å². The molecule has 2 aromatic heterocycles. The van der Waals surface area contributed by atoms with Crippen molar-refractivity contribution in [1.82, 2.24) is 9.78 Å². The highest BCUT2D eigenvalue weighted by atomic mass is 19.4. The third-order valence-corrected chi connectivity index (χ3v) is 4.71. The van der Waals surface area contributed by atoms with Crippen LogP contribution in [0.25, 0.3) is 5.69 Å². The third-order valence-electron chi connectivity index (χ3n) is 4.71. The molecule has 2 N–H and O–H groups in total. The minimum atomic E-state index is -4.82. The maximum absolute atomic E-state index is 13.7. The fourth-order valence-corrected chi connectivity index (χ4v) is 3.13. The molecule has 0 radical (unpaired) electrons. The fraction of sp³-hybridized carbons (Fsp3) is 0.0870. The molecule has 2 heterocycles. The van der Waals surface area contributed by atoms with Gasteiger partial charge in [-0.25, -0.2) is 4.68 Å². The van der Waals surface area contributed by atoms with Gasteiger partial charge >= 0.3 is 6.18 Å². The van der Waals surface area contributed by atoms with Crippen LogP contribution in [0, 0.1) is 0 Å². The monoisotopic (exact) mass is 470 g/mol. The minimum absolute atomic E-state index is 0.0629. The molecule has 0 unspecified atom stereocenters. The average molecular weight is 470 g/mol. The van der Waals surface area contributed by atoms with E-state index in [1.165, 1.54) is 42.5 Å². The van der Waals surface area contributed by atoms with Crippen molar-refractivity contribution < 1.29 is 31.9 Å². The second-order valence-corrected chi connectivity index (χ2v) is 6.97. The molecule has 0 fully saturated rings. The van der Waals surface area contributed by atoms with Crippen molar-refractivity contribution in [1.29, 1.82) is 0 Å². The standard InChI is InChI=1S/C23H17F3N4O4/c1-33-19-13-30(15-6-3-2-4-7-15)29-20(19)22(32)28-17-10-9-14(12-16(17)23(24,25)26)27-21(31)18-8-5-11-34-18/h2-13H,1H3,(H,27,31)(H,28,32). The van der Waals surface area contributed by atoms with E-state index in [1.807, 2.05) is 0 Å². The van der Waals surface area contributed by atoms with Crippen LogP contribution >= 0.6 is 0 Å². The number of alkyl halides is 3. The van der Waals surface area contributed by atoms with Gasteiger partial charge in [0.2, 0.25) is 0 Å². The summed E-state index contributed by atoms with van der Waals surface area (Å²) in [4.78, 5) is 24.9. The lowest BCUT2D eigenvalue weighted by Gasteiger charge is -2.15. The van der Waals surface area contributed by atoms with E-state index in [-0.39, 0.29) is 22.9 Å². The molecule has 0 saturated carbocycles. The number of hydrogen-bond acceptors (Lipinski definition) is 5. The lowest BCUT2D eigenvalue weighted by Crippen LogP contribution is -2.19. The van der Waals surface area contributed by atoms with Gasteiger partial charge in [0.15, 0.2) is 17.2 Å². The summed E-state index contributed by atoms with van der Waals surface area (Å²) in [6.07, 6.45) is -2.11. The van der Waals surface area contributed by atoms with E-state index >= 15 is 0 Å². The summed E-state index contributed by atoms with van der Waals surface area (Å²) in [5, 5.41) is 8.72. The fourth-order valence-electron chi connectivity index (χ4n) is 3.13. The van der Waals surface area contributed by atoms with Crippen molar-refractivity contribution in [2.45, 2.75) is 6.18 Å². The van der Waals surface area contributed by atoms with Crippen LogP contribution in [0.1, 0.15) is 26.6 Å². The summed E-state index contributed by atoms with van der Waals surface area (Å²) in [5.74, 6) is -1.60. The number of methoxy groups -OCH3 is 1. The van der Waals surface area contributed by atoms with Crippen LogP contribution in [0.3, 0.4) is 0 Å². The molecule has 0 aliphatic heterocycles. The average Bonchev–Trinajstić information content (AvgIpc) is 3.50. The molecule has 4 rings (SSSR count). The Kier molecular flexibility index (Phi) is 6.09. The zero-order valence-corrected chi connectivity index (χ0v) is 17.6. The summed E-state index contributed by atoms with van der Waals surface area (Å²) in [6.45, 7) is 0. The topological polar surface area (TPSA) is 98.4 Å². The number of nitrogens with one attached hydrogen (secondary N) is 2. The lowest BCUT2D eigenvalue weighted by atomic mass is 10.1. The second kappa shape index (κ2) is 9.14. The zero-order chi connectivity index (χ0) is 24.3. The largest absolute Gasteiger partial charge is 0.493 e. The maximum Gasteiger partial charge on any atom is 0.418 e. The molecule has 8 nitrogen and oxygen atoms in total. The van der Waals surface area contributed by atoms with Crippen LogP contribution in [0.2, 0.25) is 0 Å². The van der Waals surface area contributed by atoms with Gasteiger partial charge in [-0.15, -0.1) is 0 Å². The Hall–Kier alpha value is -4.54. The smallest absolute Gasteiger partial charge is 0.418 e. The number of nitrogens with zero attached hydrogens (tertiary/aromatic N) is 2. The highest BCUT2D eigenvalue weighted by Crippen LogP contribution is 2.37. The molecular weight excluding hydrogens is 453 g/mol. The number of aromatic nitrogens is 2. The molecule has 0 aliphatic carbocycles. The number of carbonyl (C=O) groups is 2. The van der Waals surface area contributed by atoms with E-state index in [4.69, 9.17) is 9.15 Å². The van der Waals surface area contributed by atoms with E-state index in [1.54, 1.807) is 30.3 Å². The summed E-state index contributed by atoms with van der Waals surface area (Å²) in [5.41, 5.74) is -1.36. The quantitative estimate of drug-likeness (QED) is 0.413. The van der Waals surface area contributed by atoms with Crippen molar-refractivity contribution in [2.75, 3.05) is 17.7 Å². The van der Waals surface area contributed by atoms with Gasteiger partial charge in [-0.2, -0.15) is 18.3 Å². The predicted molar refractivity (Wildman–Crippen MR) is 116 cm³/mol. The van der Waals surface area contributed by atoms with Gasteiger partial charge in [0, 0.05) is 5.69 Å². The Morgan fingerprint density at radius 2 is 1.76 bits per heavy atom. The number of para-hydroxylation sites is 1. The summed E-state index contributed by atoms with van der Waals surface area (Å²) in [6, 6.07) is 14.7. The highest BCUT2D eigenvalue weighted by molar-refractivity contribution is 6.06. The normalized spacial score (nSPS) is 11.2. The molecule has 0 atom stereocenters. The SMILES string of the molecule is COc1cn(-c2ccccc2)nc1C(=O)Nc1ccc(NC(=O)c2ccco2)cc1C(F)(F)F. The van der Waals surface area contributed by atoms with Gasteiger partial charge in [0.05, 0.1) is 36.5 Å². The number of carbonyl (C=O) groups excluding carboxylic acids is 2. The molecular formula is C23H17F3N4O4. The highest BCUT2D eigenvalue weighted by Gasteiger charge is 2.35. The Morgan fingerprint density at radius 1 is 1.00 bits per heavy atom. The van der Waals surface area contributed by atoms with E-state index in [2.05, 4.69) is 15.7 Å². The number of anilines is 2. The summed E-state index contributed by atoms with van der Waals surface area (Å²) < 4.78 is 52.7. The Labute approximate surface area is 190 Å². The van der Waals surface area contributed by atoms with Crippen LogP contribution in [-0.2, 0) is 6.18 Å². The molecule has 0 bridgehead atoms. The van der Waals surface area contributed by atoms with E-state index in [0.29, 0.717) is 5.69 Å². The summed E-state index contributed by atoms with van der Waals surface area (Å²) >= 11 is 0. The van der Waals surface area contributed by atoms with Gasteiger partial charge in [0.1, 0.15) is 0 Å². The molecule has 34 heavy (non-hydrogen) atoms. The van der Waals surface area contributed by atoms with Crippen LogP contribution < -0.4 is 15.4 Å². The van der Waals surface area contributed by atoms with Gasteiger partial charge in [-0.05, 0) is 42.5 Å². The molecule has 4 aromatic rings. The van der Waals surface area contributed by atoms with Gasteiger partial charge in [0.25, 0.3) is 11.8 Å². The number of benzene rings is 2. The molecule has 2 aromatic carbocycles. The number of rotatable bonds is 6. The van der Waals surface area contributed by atoms with Crippen molar-refractivity contribution in [3.63, 3.8) is 0 Å². The molecule has 0 saturated heterocycles. The Bertz CT molecular complexity index is 1320. The first-order chi connectivity index (χ1) is 16.3. The van der Waals surface area contributed by atoms with Gasteiger partial charge in [-0.1, -0.05) is 18.2 Å². The first kappa shape index (κ1) is 22.6. The second-order valence-electron chi connectivity index (χ2n) is 6.97. The molecule has 2 amide bonds. The van der Waals surface area contributed by atoms with Crippen molar-refractivity contribution in [3.05, 3.63) is 90.1 Å². The number of ether oxygens (including phenoxy) is 1. The first-order valence-corrected chi connectivity index (χ1v) is 9.83. The number of amides is 2. The van der Waals surface area contributed by atoms with Crippen molar-refractivity contribution in [3.8, 4) is 11.4 Å². The lowest BCUT2D eigenvalue weighted by molar-refractivity contribution is -0.136. The molecule has 0 aliphatic rings. The van der Waals surface area contributed by atoms with Crippen LogP contribution in [0.15, 0.2) is 77.5 Å². The number of furan rings is 1. The van der Waals surface area contributed by atoms with E-state index < -0.39 is 29.2 Å². The zero-order valence-electron chi connectivity index (χ0n) is 17.6. The van der Waals surface area contributed by atoms with Crippen molar-refractivity contribution in [2.24, 2.45) is 0 Å². The van der Waals surface area contributed by atoms with Gasteiger partial charge in [-0.3, -0.25) is 9.59 Å². The first-order valence-electron chi connectivity index (χ1n) is 9.83. The Morgan fingerprint density at radius 3 is 2.41 bits per heavy atom. The van der Waals surface area contributed by atoms with Crippen LogP contribution in [0.4, 0.5) is 24.5 Å².